The molecule has 1 aromatic carbocycles. The van der Waals surface area contributed by atoms with E-state index in [1.54, 1.807) is 0 Å². The molecule has 0 spiro atoms. The van der Waals surface area contributed by atoms with Crippen molar-refractivity contribution in [3.05, 3.63) is 47.4 Å². The maximum absolute atomic E-state index is 12.0. The molecule has 2 aliphatic rings. The number of fused-ring (bicyclic) bond motifs is 1. The summed E-state index contributed by atoms with van der Waals surface area (Å²) in [6.07, 6.45) is 0.885. The van der Waals surface area contributed by atoms with Gasteiger partial charge in [0.25, 0.3) is 0 Å². The lowest BCUT2D eigenvalue weighted by Crippen LogP contribution is -2.47. The molecule has 4 rings (SSSR count). The van der Waals surface area contributed by atoms with Gasteiger partial charge in [0.05, 0.1) is 5.69 Å². The van der Waals surface area contributed by atoms with Crippen molar-refractivity contribution >= 4 is 17.4 Å². The second-order valence-electron chi connectivity index (χ2n) is 7.45. The molecule has 6 heteroatoms. The van der Waals surface area contributed by atoms with E-state index in [0.29, 0.717) is 5.92 Å². The molecular weight excluding hydrogens is 326 g/mol. The highest BCUT2D eigenvalue weighted by Gasteiger charge is 2.32. The van der Waals surface area contributed by atoms with Crippen LogP contribution in [-0.4, -0.2) is 47.0 Å². The first-order chi connectivity index (χ1) is 12.5. The monoisotopic (exact) mass is 351 g/mol. The maximum atomic E-state index is 12.0. The largest absolute Gasteiger partial charge is 0.346 e. The van der Waals surface area contributed by atoms with Gasteiger partial charge < -0.3 is 10.2 Å². The van der Waals surface area contributed by atoms with Gasteiger partial charge in [-0.15, -0.1) is 0 Å². The van der Waals surface area contributed by atoms with Crippen LogP contribution in [0.5, 0.6) is 0 Å². The number of nitrogens with zero attached hydrogens (tertiary/aromatic N) is 4. The number of nitrogens with one attached hydrogen (secondary N) is 1. The molecule has 0 aliphatic carbocycles. The SMILES string of the molecule is Cc1nc(CC2CN(Cc3ccccc3)C2)nc2c1NC(=O)[C@H](C)N2C. The number of likely N-dealkylation sites (tertiary alicyclic amines) is 1. The number of rotatable bonds is 4. The zero-order valence-corrected chi connectivity index (χ0v) is 15.6. The molecule has 0 bridgehead atoms. The van der Waals surface area contributed by atoms with Crippen LogP contribution in [0.1, 0.15) is 24.0 Å². The van der Waals surface area contributed by atoms with Crippen molar-refractivity contribution in [2.45, 2.75) is 32.9 Å². The predicted molar refractivity (Wildman–Crippen MR) is 102 cm³/mol. The molecule has 1 aromatic heterocycles. The van der Waals surface area contributed by atoms with Crippen LogP contribution < -0.4 is 10.2 Å². The standard InChI is InChI=1S/C20H25N5O/c1-13-18-19(24(3)14(2)20(26)23-18)22-17(21-13)9-16-11-25(12-16)10-15-7-5-4-6-8-15/h4-8,14,16H,9-12H2,1-3H3,(H,23,26)/t14-/m0/s1. The molecule has 0 unspecified atom stereocenters. The Morgan fingerprint density at radius 2 is 1.92 bits per heavy atom. The van der Waals surface area contributed by atoms with Gasteiger partial charge >= 0.3 is 0 Å². The molecule has 3 heterocycles. The van der Waals surface area contributed by atoms with Crippen molar-refractivity contribution in [3.8, 4) is 0 Å². The smallest absolute Gasteiger partial charge is 0.246 e. The van der Waals surface area contributed by atoms with Crippen molar-refractivity contribution in [3.63, 3.8) is 0 Å². The lowest BCUT2D eigenvalue weighted by atomic mass is 9.95. The van der Waals surface area contributed by atoms with E-state index in [2.05, 4.69) is 45.5 Å². The number of benzene rings is 1. The normalized spacial score (nSPS) is 20.5. The Balaban J connectivity index is 1.41. The quantitative estimate of drug-likeness (QED) is 0.915. The summed E-state index contributed by atoms with van der Waals surface area (Å²) >= 11 is 0. The van der Waals surface area contributed by atoms with Gasteiger partial charge in [-0.2, -0.15) is 0 Å². The summed E-state index contributed by atoms with van der Waals surface area (Å²) in [6.45, 7) is 7.00. The van der Waals surface area contributed by atoms with E-state index in [1.807, 2.05) is 25.8 Å². The molecule has 1 atom stereocenters. The zero-order chi connectivity index (χ0) is 18.3. The van der Waals surface area contributed by atoms with Crippen LogP contribution in [0.2, 0.25) is 0 Å². The third kappa shape index (κ3) is 3.17. The minimum Gasteiger partial charge on any atom is -0.346 e. The van der Waals surface area contributed by atoms with Crippen LogP contribution in [0.3, 0.4) is 0 Å². The van der Waals surface area contributed by atoms with E-state index >= 15 is 0 Å². The van der Waals surface area contributed by atoms with Crippen molar-refractivity contribution in [2.24, 2.45) is 5.92 Å². The summed E-state index contributed by atoms with van der Waals surface area (Å²) in [5.74, 6) is 2.30. The molecule has 0 saturated carbocycles. The number of carbonyl (C=O) groups excluding carboxylic acids is 1. The molecule has 1 N–H and O–H groups in total. The van der Waals surface area contributed by atoms with E-state index in [1.165, 1.54) is 5.56 Å². The van der Waals surface area contributed by atoms with Gasteiger partial charge in [-0.3, -0.25) is 9.69 Å². The minimum atomic E-state index is -0.213. The van der Waals surface area contributed by atoms with E-state index in [-0.39, 0.29) is 11.9 Å². The topological polar surface area (TPSA) is 61.4 Å². The molecule has 136 valence electrons. The molecule has 6 nitrogen and oxygen atoms in total. The molecule has 1 amide bonds. The van der Waals surface area contributed by atoms with Crippen LogP contribution in [0, 0.1) is 12.8 Å². The Morgan fingerprint density at radius 1 is 1.19 bits per heavy atom. The summed E-state index contributed by atoms with van der Waals surface area (Å²) in [7, 11) is 1.92. The highest BCUT2D eigenvalue weighted by molar-refractivity contribution is 6.02. The van der Waals surface area contributed by atoms with Gasteiger partial charge in [0, 0.05) is 33.1 Å². The second kappa shape index (κ2) is 6.68. The van der Waals surface area contributed by atoms with Crippen molar-refractivity contribution in [1.29, 1.82) is 0 Å². The fourth-order valence-corrected chi connectivity index (χ4v) is 3.73. The summed E-state index contributed by atoms with van der Waals surface area (Å²) in [5, 5.41) is 2.94. The summed E-state index contributed by atoms with van der Waals surface area (Å²) in [4.78, 5) is 25.8. The average molecular weight is 351 g/mol. The van der Waals surface area contributed by atoms with Gasteiger partial charge in [0.15, 0.2) is 5.82 Å². The number of anilines is 2. The number of likely N-dealkylation sites (N-methyl/N-ethyl adjacent to an activating group) is 1. The van der Waals surface area contributed by atoms with Gasteiger partial charge in [0.2, 0.25) is 5.91 Å². The number of hydrogen-bond acceptors (Lipinski definition) is 5. The van der Waals surface area contributed by atoms with Gasteiger partial charge in [-0.05, 0) is 25.3 Å². The van der Waals surface area contributed by atoms with E-state index in [9.17, 15) is 4.79 Å². The fraction of sp³-hybridized carbons (Fsp3) is 0.450. The number of carbonyl (C=O) groups is 1. The van der Waals surface area contributed by atoms with Gasteiger partial charge in [-0.1, -0.05) is 30.3 Å². The Labute approximate surface area is 154 Å². The minimum absolute atomic E-state index is 0.00463. The summed E-state index contributed by atoms with van der Waals surface area (Å²) in [6, 6.07) is 10.4. The fourth-order valence-electron chi connectivity index (χ4n) is 3.73. The third-order valence-corrected chi connectivity index (χ3v) is 5.41. The number of aryl methyl sites for hydroxylation is 1. The molecule has 1 fully saturated rings. The lowest BCUT2D eigenvalue weighted by molar-refractivity contribution is -0.117. The Hall–Kier alpha value is -2.47. The molecule has 2 aliphatic heterocycles. The van der Waals surface area contributed by atoms with Crippen LogP contribution in [-0.2, 0) is 17.8 Å². The molecule has 0 radical (unpaired) electrons. The van der Waals surface area contributed by atoms with Crippen molar-refractivity contribution < 1.29 is 4.79 Å². The van der Waals surface area contributed by atoms with Crippen molar-refractivity contribution in [2.75, 3.05) is 30.4 Å². The molecule has 2 aromatic rings. The number of aromatic nitrogens is 2. The average Bonchev–Trinajstić information content (AvgIpc) is 2.60. The van der Waals surface area contributed by atoms with Crippen LogP contribution in [0.25, 0.3) is 0 Å². The predicted octanol–water partition coefficient (Wildman–Crippen LogP) is 2.24. The first kappa shape index (κ1) is 17.0. The van der Waals surface area contributed by atoms with Gasteiger partial charge in [-0.25, -0.2) is 9.97 Å². The van der Waals surface area contributed by atoms with Crippen LogP contribution in [0.4, 0.5) is 11.5 Å². The number of amides is 1. The summed E-state index contributed by atoms with van der Waals surface area (Å²) in [5.41, 5.74) is 2.95. The number of hydrogen-bond donors (Lipinski definition) is 1. The second-order valence-corrected chi connectivity index (χ2v) is 7.45. The first-order valence-electron chi connectivity index (χ1n) is 9.18. The Kier molecular flexibility index (Phi) is 4.36. The molecular formula is C20H25N5O. The Bertz CT molecular complexity index is 816. The van der Waals surface area contributed by atoms with E-state index < -0.39 is 0 Å². The third-order valence-electron chi connectivity index (χ3n) is 5.41. The Morgan fingerprint density at radius 3 is 2.65 bits per heavy atom. The van der Waals surface area contributed by atoms with E-state index in [4.69, 9.17) is 4.98 Å². The van der Waals surface area contributed by atoms with E-state index in [0.717, 1.165) is 49.1 Å². The highest BCUT2D eigenvalue weighted by Crippen LogP contribution is 2.32. The molecule has 1 saturated heterocycles. The van der Waals surface area contributed by atoms with Crippen LogP contribution >= 0.6 is 0 Å². The maximum Gasteiger partial charge on any atom is 0.246 e. The van der Waals surface area contributed by atoms with Gasteiger partial charge in [0.1, 0.15) is 17.6 Å². The van der Waals surface area contributed by atoms with Crippen molar-refractivity contribution in [1.82, 2.24) is 14.9 Å². The highest BCUT2D eigenvalue weighted by atomic mass is 16.2. The molecule has 26 heavy (non-hydrogen) atoms. The lowest BCUT2D eigenvalue weighted by Gasteiger charge is -2.39. The zero-order valence-electron chi connectivity index (χ0n) is 15.6. The first-order valence-corrected chi connectivity index (χ1v) is 9.18. The summed E-state index contributed by atoms with van der Waals surface area (Å²) < 4.78 is 0. The van der Waals surface area contributed by atoms with Crippen LogP contribution in [0.15, 0.2) is 30.3 Å².